The number of allylic oxidation sites excluding steroid dienone is 5. The zero-order valence-electron chi connectivity index (χ0n) is 13.5. The molecule has 3 heteroatoms. The largest absolute Gasteiger partial charge is 0.490 e. The predicted octanol–water partition coefficient (Wildman–Crippen LogP) is 5.15. The first-order valence-corrected chi connectivity index (χ1v) is 7.01. The van der Waals surface area contributed by atoms with Gasteiger partial charge in [-0.05, 0) is 57.0 Å². The summed E-state index contributed by atoms with van der Waals surface area (Å²) in [6.45, 7) is 15.6. The average Bonchev–Trinajstić information content (AvgIpc) is 2.47. The summed E-state index contributed by atoms with van der Waals surface area (Å²) >= 11 is 0. The summed E-state index contributed by atoms with van der Waals surface area (Å²) in [5.74, 6) is 0.763. The quantitative estimate of drug-likeness (QED) is 0.325. The highest BCUT2D eigenvalue weighted by atomic mass is 16.5. The Bertz CT molecular complexity index is 668. The van der Waals surface area contributed by atoms with Crippen molar-refractivity contribution < 1.29 is 4.74 Å². The first-order chi connectivity index (χ1) is 10.5. The van der Waals surface area contributed by atoms with Crippen molar-refractivity contribution in [1.82, 2.24) is 0 Å². The fraction of sp³-hybridized carbons (Fsp3) is 0.263. The summed E-state index contributed by atoms with van der Waals surface area (Å²) in [6.07, 6.45) is 3.87. The van der Waals surface area contributed by atoms with Gasteiger partial charge in [-0.2, -0.15) is 0 Å². The second kappa shape index (κ2) is 8.49. The minimum Gasteiger partial charge on any atom is -0.490 e. The Morgan fingerprint density at radius 3 is 2.27 bits per heavy atom. The van der Waals surface area contributed by atoms with Gasteiger partial charge in [-0.3, -0.25) is 0 Å². The van der Waals surface area contributed by atoms with Crippen LogP contribution in [0.15, 0.2) is 53.3 Å². The first-order valence-electron chi connectivity index (χ1n) is 7.01. The van der Waals surface area contributed by atoms with Crippen LogP contribution in [0.4, 0.5) is 0 Å². The molecular formula is C19H20N2O. The molecule has 1 aromatic rings. The molecule has 0 aromatic heterocycles. The van der Waals surface area contributed by atoms with Crippen molar-refractivity contribution >= 4 is 5.57 Å². The minimum atomic E-state index is 0.0967. The monoisotopic (exact) mass is 292 g/mol. The van der Waals surface area contributed by atoms with Crippen LogP contribution < -0.4 is 4.74 Å². The summed E-state index contributed by atoms with van der Waals surface area (Å²) in [5.41, 5.74) is 3.83. The highest BCUT2D eigenvalue weighted by Gasteiger charge is 2.07. The van der Waals surface area contributed by atoms with Gasteiger partial charge in [-0.15, -0.1) is 0 Å². The Morgan fingerprint density at radius 1 is 1.18 bits per heavy atom. The average molecular weight is 292 g/mol. The van der Waals surface area contributed by atoms with Gasteiger partial charge in [-0.25, -0.2) is 10.1 Å². The molecule has 0 aliphatic rings. The van der Waals surface area contributed by atoms with Crippen LogP contribution >= 0.6 is 0 Å². The van der Waals surface area contributed by atoms with Crippen LogP contribution in [-0.4, -0.2) is 6.61 Å². The maximum atomic E-state index is 9.11. The van der Waals surface area contributed by atoms with Gasteiger partial charge in [0.2, 0.25) is 0 Å². The van der Waals surface area contributed by atoms with Gasteiger partial charge < -0.3 is 4.74 Å². The van der Waals surface area contributed by atoms with Crippen LogP contribution in [0.1, 0.15) is 33.3 Å². The third-order valence-electron chi connectivity index (χ3n) is 2.81. The Balaban J connectivity index is 3.08. The fourth-order valence-electron chi connectivity index (χ4n) is 1.76. The van der Waals surface area contributed by atoms with Crippen LogP contribution in [0.25, 0.3) is 10.4 Å². The van der Waals surface area contributed by atoms with Gasteiger partial charge in [0.15, 0.2) is 0 Å². The normalized spacial score (nSPS) is 10.6. The first kappa shape index (κ1) is 17.3. The van der Waals surface area contributed by atoms with Crippen LogP contribution in [0.5, 0.6) is 5.75 Å². The summed E-state index contributed by atoms with van der Waals surface area (Å²) in [4.78, 5) is 3.31. The summed E-state index contributed by atoms with van der Waals surface area (Å²) in [6, 6.07) is 9.41. The molecule has 0 aliphatic heterocycles. The zero-order chi connectivity index (χ0) is 16.5. The number of nitrogens with zero attached hydrogens (tertiary/aromatic N) is 2. The highest BCUT2D eigenvalue weighted by molar-refractivity contribution is 5.81. The molecule has 0 atom stereocenters. The van der Waals surface area contributed by atoms with Crippen molar-refractivity contribution in [3.8, 4) is 11.8 Å². The molecular weight excluding hydrogens is 272 g/mol. The molecule has 0 N–H and O–H groups in total. The maximum absolute atomic E-state index is 9.11. The molecule has 0 radical (unpaired) electrons. The molecule has 22 heavy (non-hydrogen) atoms. The minimum absolute atomic E-state index is 0.0967. The lowest BCUT2D eigenvalue weighted by Gasteiger charge is -2.07. The summed E-state index contributed by atoms with van der Waals surface area (Å²) < 4.78 is 5.61. The van der Waals surface area contributed by atoms with Gasteiger partial charge in [0.1, 0.15) is 12.4 Å². The fourth-order valence-corrected chi connectivity index (χ4v) is 1.76. The van der Waals surface area contributed by atoms with E-state index in [0.717, 1.165) is 16.9 Å². The van der Waals surface area contributed by atoms with Gasteiger partial charge in [0, 0.05) is 0 Å². The number of ether oxygens (including phenoxy) is 1. The molecule has 0 aliphatic carbocycles. The van der Waals surface area contributed by atoms with Gasteiger partial charge in [-0.1, -0.05) is 29.4 Å². The van der Waals surface area contributed by atoms with E-state index in [0.29, 0.717) is 12.2 Å². The molecule has 3 nitrogen and oxygen atoms in total. The molecule has 1 rings (SSSR count). The molecule has 0 spiro atoms. The molecule has 0 saturated carbocycles. The van der Waals surface area contributed by atoms with E-state index in [1.54, 1.807) is 0 Å². The number of hydrogen-bond acceptors (Lipinski definition) is 2. The van der Waals surface area contributed by atoms with E-state index in [2.05, 4.69) is 4.85 Å². The smallest absolute Gasteiger partial charge is 0.269 e. The van der Waals surface area contributed by atoms with Crippen molar-refractivity contribution in [2.45, 2.75) is 27.7 Å². The van der Waals surface area contributed by atoms with Crippen molar-refractivity contribution in [2.75, 3.05) is 6.61 Å². The standard InChI is InChI=1S/C19H20N2O/c1-14(2)10-11-22-17-8-6-16(7-9-17)18(12-15(3)4)19(13-20)21-5/h6-10,12H,11H2,1-4H3/b19-18-. The lowest BCUT2D eigenvalue weighted by Crippen LogP contribution is -1.94. The highest BCUT2D eigenvalue weighted by Crippen LogP contribution is 2.24. The third kappa shape index (κ3) is 5.31. The van der Waals surface area contributed by atoms with Crippen molar-refractivity contribution in [3.63, 3.8) is 0 Å². The van der Waals surface area contributed by atoms with Crippen molar-refractivity contribution in [3.05, 3.63) is 70.2 Å². The third-order valence-corrected chi connectivity index (χ3v) is 2.81. The van der Waals surface area contributed by atoms with E-state index in [4.69, 9.17) is 16.6 Å². The lowest BCUT2D eigenvalue weighted by molar-refractivity contribution is 0.362. The topological polar surface area (TPSA) is 37.4 Å². The Morgan fingerprint density at radius 2 is 1.82 bits per heavy atom. The van der Waals surface area contributed by atoms with Gasteiger partial charge in [0.25, 0.3) is 5.70 Å². The van der Waals surface area contributed by atoms with E-state index in [1.807, 2.05) is 70.2 Å². The second-order valence-corrected chi connectivity index (χ2v) is 5.32. The maximum Gasteiger partial charge on any atom is 0.269 e. The predicted molar refractivity (Wildman–Crippen MR) is 89.9 cm³/mol. The zero-order valence-corrected chi connectivity index (χ0v) is 13.5. The number of rotatable bonds is 5. The molecule has 1 aromatic carbocycles. The molecule has 0 amide bonds. The second-order valence-electron chi connectivity index (χ2n) is 5.32. The van der Waals surface area contributed by atoms with Crippen molar-refractivity contribution in [2.24, 2.45) is 0 Å². The van der Waals surface area contributed by atoms with E-state index >= 15 is 0 Å². The van der Waals surface area contributed by atoms with E-state index in [-0.39, 0.29) is 5.70 Å². The van der Waals surface area contributed by atoms with Crippen LogP contribution in [0.2, 0.25) is 0 Å². The van der Waals surface area contributed by atoms with E-state index < -0.39 is 0 Å². The number of hydrogen-bond donors (Lipinski definition) is 0. The number of benzene rings is 1. The molecule has 0 fully saturated rings. The number of nitriles is 1. The van der Waals surface area contributed by atoms with Crippen LogP contribution in [0.3, 0.4) is 0 Å². The molecule has 0 unspecified atom stereocenters. The van der Waals surface area contributed by atoms with Crippen LogP contribution in [-0.2, 0) is 0 Å². The lowest BCUT2D eigenvalue weighted by atomic mass is 10.0. The SMILES string of the molecule is [C-]#[N+]/C(C#N)=C(/C=C(C)C)c1ccc(OCC=C(C)C)cc1. The van der Waals surface area contributed by atoms with Crippen molar-refractivity contribution in [1.29, 1.82) is 5.26 Å². The van der Waals surface area contributed by atoms with Gasteiger partial charge in [0.05, 0.1) is 12.6 Å². The van der Waals surface area contributed by atoms with Gasteiger partial charge >= 0.3 is 0 Å². The molecule has 0 heterocycles. The Hall–Kier alpha value is -2.78. The summed E-state index contributed by atoms with van der Waals surface area (Å²) in [7, 11) is 0. The molecule has 0 saturated heterocycles. The molecule has 112 valence electrons. The van der Waals surface area contributed by atoms with Crippen LogP contribution in [0, 0.1) is 17.9 Å². The Kier molecular flexibility index (Phi) is 6.67. The summed E-state index contributed by atoms with van der Waals surface area (Å²) in [5, 5.41) is 9.11. The Labute approximate surface area is 132 Å². The molecule has 0 bridgehead atoms. The van der Waals surface area contributed by atoms with E-state index in [9.17, 15) is 0 Å². The van der Waals surface area contributed by atoms with E-state index in [1.165, 1.54) is 5.57 Å².